The summed E-state index contributed by atoms with van der Waals surface area (Å²) in [6, 6.07) is 16.9. The van der Waals surface area contributed by atoms with Gasteiger partial charge < -0.3 is 15.4 Å². The second-order valence-corrected chi connectivity index (χ2v) is 8.55. The Morgan fingerprint density at radius 1 is 1.07 bits per heavy atom. The van der Waals surface area contributed by atoms with Gasteiger partial charge in [-0.15, -0.1) is 0 Å². The number of amides is 1. The van der Waals surface area contributed by atoms with Gasteiger partial charge in [0.25, 0.3) is 0 Å². The van der Waals surface area contributed by atoms with Gasteiger partial charge in [-0.2, -0.15) is 0 Å². The molecule has 2 N–H and O–H groups in total. The predicted molar refractivity (Wildman–Crippen MR) is 123 cm³/mol. The maximum absolute atomic E-state index is 10.8. The largest absolute Gasteiger partial charge is 0.497 e. The van der Waals surface area contributed by atoms with E-state index < -0.39 is 0 Å². The number of carbonyl (C=O) groups is 1. The molecule has 30 heavy (non-hydrogen) atoms. The summed E-state index contributed by atoms with van der Waals surface area (Å²) < 4.78 is 5.15. The molecule has 1 atom stereocenters. The monoisotopic (exact) mass is 408 g/mol. The summed E-state index contributed by atoms with van der Waals surface area (Å²) in [5.74, 6) is 1.24. The number of aryl methyl sites for hydroxylation is 2. The Bertz CT molecular complexity index is 782. The van der Waals surface area contributed by atoms with E-state index in [0.717, 1.165) is 25.0 Å². The molecule has 0 aromatic heterocycles. The molecule has 0 bridgehead atoms. The zero-order valence-corrected chi connectivity index (χ0v) is 18.3. The molecule has 0 spiro atoms. The van der Waals surface area contributed by atoms with Gasteiger partial charge >= 0.3 is 0 Å². The zero-order chi connectivity index (χ0) is 21.2. The molecule has 2 aromatic rings. The summed E-state index contributed by atoms with van der Waals surface area (Å²) in [6.07, 6.45) is 8.97. The summed E-state index contributed by atoms with van der Waals surface area (Å²) in [5.41, 5.74) is 9.45. The highest BCUT2D eigenvalue weighted by Gasteiger charge is 2.19. The van der Waals surface area contributed by atoms with Crippen LogP contribution in [0.5, 0.6) is 5.75 Å². The van der Waals surface area contributed by atoms with Crippen LogP contribution in [0, 0.1) is 5.92 Å². The first-order valence-electron chi connectivity index (χ1n) is 11.3. The molecule has 1 amide bonds. The summed E-state index contributed by atoms with van der Waals surface area (Å²) in [6.45, 7) is 3.87. The molecule has 162 valence electrons. The highest BCUT2D eigenvalue weighted by molar-refractivity contribution is 5.74. The van der Waals surface area contributed by atoms with Gasteiger partial charge in [0.05, 0.1) is 7.11 Å². The maximum Gasteiger partial charge on any atom is 0.217 e. The van der Waals surface area contributed by atoms with Crippen molar-refractivity contribution in [1.29, 1.82) is 0 Å². The van der Waals surface area contributed by atoms with Crippen LogP contribution in [0.25, 0.3) is 0 Å². The smallest absolute Gasteiger partial charge is 0.217 e. The van der Waals surface area contributed by atoms with Gasteiger partial charge in [-0.25, -0.2) is 0 Å². The Balaban J connectivity index is 0.000000172. The molecule has 1 aliphatic heterocycles. The molecule has 2 aromatic carbocycles. The van der Waals surface area contributed by atoms with Crippen molar-refractivity contribution in [2.24, 2.45) is 11.7 Å². The van der Waals surface area contributed by atoms with Crippen molar-refractivity contribution < 1.29 is 9.53 Å². The molecule has 0 radical (unpaired) electrons. The van der Waals surface area contributed by atoms with Crippen LogP contribution in [0.2, 0.25) is 0 Å². The molecular formula is C26H36N2O2. The number of methoxy groups -OCH3 is 1. The lowest BCUT2D eigenvalue weighted by atomic mass is 9.82. The third-order valence-corrected chi connectivity index (χ3v) is 6.24. The van der Waals surface area contributed by atoms with E-state index in [1.165, 1.54) is 62.0 Å². The van der Waals surface area contributed by atoms with Crippen LogP contribution in [-0.4, -0.2) is 37.6 Å². The van der Waals surface area contributed by atoms with Crippen molar-refractivity contribution in [1.82, 2.24) is 4.90 Å². The third-order valence-electron chi connectivity index (χ3n) is 6.24. The van der Waals surface area contributed by atoms with Crippen LogP contribution in [0.3, 0.4) is 0 Å². The molecule has 4 heteroatoms. The average Bonchev–Trinajstić information content (AvgIpc) is 3.28. The van der Waals surface area contributed by atoms with Crippen molar-refractivity contribution in [2.45, 2.75) is 51.4 Å². The minimum Gasteiger partial charge on any atom is -0.497 e. The first kappa shape index (κ1) is 22.4. The van der Waals surface area contributed by atoms with Gasteiger partial charge in [0.2, 0.25) is 5.91 Å². The minimum absolute atomic E-state index is 0.172. The number of fused-ring (bicyclic) bond motifs is 1. The van der Waals surface area contributed by atoms with Gasteiger partial charge in [-0.3, -0.25) is 4.79 Å². The molecule has 4 nitrogen and oxygen atoms in total. The Labute approximate surface area is 181 Å². The summed E-state index contributed by atoms with van der Waals surface area (Å²) in [7, 11) is 1.71. The third kappa shape index (κ3) is 7.17. The fraction of sp³-hybridized carbons (Fsp3) is 0.500. The number of ether oxygens (including phenoxy) is 1. The highest BCUT2D eigenvalue weighted by atomic mass is 16.5. The molecule has 2 aliphatic rings. The number of nitrogens with two attached hydrogens (primary N) is 1. The van der Waals surface area contributed by atoms with Crippen LogP contribution in [0.1, 0.15) is 48.8 Å². The Hall–Kier alpha value is -2.33. The van der Waals surface area contributed by atoms with Crippen LogP contribution >= 0.6 is 0 Å². The van der Waals surface area contributed by atoms with Crippen LogP contribution < -0.4 is 10.5 Å². The lowest BCUT2D eigenvalue weighted by Gasteiger charge is -2.23. The first-order chi connectivity index (χ1) is 14.6. The molecule has 1 unspecified atom stereocenters. The second kappa shape index (κ2) is 11.8. The zero-order valence-electron chi connectivity index (χ0n) is 18.3. The molecule has 1 saturated heterocycles. The maximum atomic E-state index is 10.8. The van der Waals surface area contributed by atoms with E-state index in [-0.39, 0.29) is 5.91 Å². The van der Waals surface area contributed by atoms with E-state index in [2.05, 4.69) is 41.3 Å². The van der Waals surface area contributed by atoms with Gasteiger partial charge in [0, 0.05) is 6.42 Å². The van der Waals surface area contributed by atoms with Crippen LogP contribution in [0.4, 0.5) is 0 Å². The van der Waals surface area contributed by atoms with Gasteiger partial charge in [-0.1, -0.05) is 36.4 Å². The van der Waals surface area contributed by atoms with E-state index in [0.29, 0.717) is 12.3 Å². The second-order valence-electron chi connectivity index (χ2n) is 8.55. The van der Waals surface area contributed by atoms with Gasteiger partial charge in [-0.05, 0) is 99.3 Å². The number of hydrogen-bond acceptors (Lipinski definition) is 3. The fourth-order valence-electron chi connectivity index (χ4n) is 4.54. The number of likely N-dealkylation sites (tertiary alicyclic amines) is 1. The number of rotatable bonds is 7. The Morgan fingerprint density at radius 3 is 2.43 bits per heavy atom. The molecule has 1 fully saturated rings. The van der Waals surface area contributed by atoms with E-state index >= 15 is 0 Å². The number of primary amides is 1. The van der Waals surface area contributed by atoms with E-state index in [4.69, 9.17) is 10.5 Å². The number of hydrogen-bond donors (Lipinski definition) is 1. The van der Waals surface area contributed by atoms with Crippen molar-refractivity contribution in [3.63, 3.8) is 0 Å². The van der Waals surface area contributed by atoms with E-state index in [1.807, 2.05) is 12.1 Å². The summed E-state index contributed by atoms with van der Waals surface area (Å²) in [5, 5.41) is 0. The fourth-order valence-corrected chi connectivity index (χ4v) is 4.54. The predicted octanol–water partition coefficient (Wildman–Crippen LogP) is 4.39. The first-order valence-corrected chi connectivity index (χ1v) is 11.3. The summed E-state index contributed by atoms with van der Waals surface area (Å²) >= 11 is 0. The molecular weight excluding hydrogens is 372 g/mol. The molecule has 0 saturated carbocycles. The van der Waals surface area contributed by atoms with E-state index in [1.54, 1.807) is 7.11 Å². The lowest BCUT2D eigenvalue weighted by molar-refractivity contribution is -0.119. The van der Waals surface area contributed by atoms with E-state index in [9.17, 15) is 4.79 Å². The lowest BCUT2D eigenvalue weighted by Crippen LogP contribution is -2.21. The van der Waals surface area contributed by atoms with Crippen molar-refractivity contribution in [3.8, 4) is 5.75 Å². The van der Waals surface area contributed by atoms with Crippen molar-refractivity contribution in [3.05, 3.63) is 65.2 Å². The molecule has 4 rings (SSSR count). The van der Waals surface area contributed by atoms with Crippen molar-refractivity contribution >= 4 is 5.91 Å². The topological polar surface area (TPSA) is 55.6 Å². The van der Waals surface area contributed by atoms with Crippen LogP contribution in [-0.2, 0) is 24.1 Å². The molecule has 1 aliphatic carbocycles. The van der Waals surface area contributed by atoms with Crippen molar-refractivity contribution in [2.75, 3.05) is 26.7 Å². The molecule has 1 heterocycles. The van der Waals surface area contributed by atoms with Gasteiger partial charge in [0.1, 0.15) is 5.75 Å². The SMILES string of the molecule is COc1ccc(CCCN2CCCC2)cc1.NC(=O)CC1CCc2ccccc2C1. The minimum atomic E-state index is -0.172. The number of nitrogens with zero attached hydrogens (tertiary/aromatic N) is 1. The Kier molecular flexibility index (Phi) is 8.76. The summed E-state index contributed by atoms with van der Waals surface area (Å²) in [4.78, 5) is 13.4. The number of carbonyl (C=O) groups excluding carboxylic acids is 1. The normalized spacial score (nSPS) is 18.2. The number of benzene rings is 2. The highest BCUT2D eigenvalue weighted by Crippen LogP contribution is 2.27. The van der Waals surface area contributed by atoms with Crippen LogP contribution in [0.15, 0.2) is 48.5 Å². The quantitative estimate of drug-likeness (QED) is 0.739. The average molecular weight is 409 g/mol. The Morgan fingerprint density at radius 2 is 1.77 bits per heavy atom. The van der Waals surface area contributed by atoms with Gasteiger partial charge in [0.15, 0.2) is 0 Å². The standard InChI is InChI=1S/C14H21NO.C12H15NO/c1-16-14-8-6-13(7-9-14)5-4-12-15-10-2-3-11-15;13-12(14)8-9-5-6-10-3-1-2-4-11(10)7-9/h6-9H,2-5,10-12H2,1H3;1-4,9H,5-8H2,(H2,13,14).